The van der Waals surface area contributed by atoms with Gasteiger partial charge < -0.3 is 5.11 Å². The van der Waals surface area contributed by atoms with Crippen molar-refractivity contribution in [1.82, 2.24) is 0 Å². The molecule has 1 rings (SSSR count). The van der Waals surface area contributed by atoms with Gasteiger partial charge >= 0.3 is 5.97 Å². The molecule has 1 aliphatic rings. The summed E-state index contributed by atoms with van der Waals surface area (Å²) in [5.41, 5.74) is 0.982. The van der Waals surface area contributed by atoms with Crippen LogP contribution in [0.5, 0.6) is 0 Å². The molecule has 1 aliphatic carbocycles. The number of halogens is 1. The molecular weight excluding hydrogens is 196 g/mol. The van der Waals surface area contributed by atoms with Crippen LogP contribution in [0.2, 0.25) is 0 Å². The van der Waals surface area contributed by atoms with Gasteiger partial charge in [-0.1, -0.05) is 12.2 Å². The lowest BCUT2D eigenvalue weighted by atomic mass is 10.00. The molecule has 0 radical (unpaired) electrons. The van der Waals surface area contributed by atoms with Crippen molar-refractivity contribution in [1.29, 1.82) is 0 Å². The maximum absolute atomic E-state index is 10.6. The van der Waals surface area contributed by atoms with Gasteiger partial charge in [-0.15, -0.1) is 11.6 Å². The van der Waals surface area contributed by atoms with Gasteiger partial charge in [0.2, 0.25) is 0 Å². The summed E-state index contributed by atoms with van der Waals surface area (Å²) in [6, 6.07) is 0. The Morgan fingerprint density at radius 3 is 2.75 bits per heavy atom. The molecule has 1 unspecified atom stereocenters. The van der Waals surface area contributed by atoms with Crippen LogP contribution < -0.4 is 0 Å². The Labute approximate surface area is 80.5 Å². The summed E-state index contributed by atoms with van der Waals surface area (Å²) in [6.45, 7) is 1.79. The van der Waals surface area contributed by atoms with Crippen molar-refractivity contribution in [3.8, 4) is 0 Å². The maximum Gasteiger partial charge on any atom is 0.333 e. The number of alkyl halides is 1. The van der Waals surface area contributed by atoms with E-state index in [1.54, 1.807) is 13.0 Å². The van der Waals surface area contributed by atoms with E-state index in [2.05, 4.69) is 0 Å². The van der Waals surface area contributed by atoms with Gasteiger partial charge in [0.05, 0.1) is 5.57 Å². The molecule has 12 heavy (non-hydrogen) atoms. The first-order valence-corrected chi connectivity index (χ1v) is 4.18. The average Bonchev–Trinajstić information content (AvgIpc) is 1.96. The minimum absolute atomic E-state index is 0.154. The van der Waals surface area contributed by atoms with Gasteiger partial charge in [-0.3, -0.25) is 0 Å². The van der Waals surface area contributed by atoms with Gasteiger partial charge in [-0.25, -0.2) is 4.79 Å². The smallest absolute Gasteiger partial charge is 0.333 e. The van der Waals surface area contributed by atoms with Gasteiger partial charge in [-0.05, 0) is 24.6 Å². The second kappa shape index (κ2) is 3.37. The van der Waals surface area contributed by atoms with Crippen LogP contribution >= 0.6 is 23.8 Å². The minimum Gasteiger partial charge on any atom is -0.478 e. The molecule has 2 nitrogen and oxygen atoms in total. The molecule has 0 amide bonds. The zero-order valence-electron chi connectivity index (χ0n) is 6.37. The molecule has 0 fully saturated rings. The number of hydrogen-bond acceptors (Lipinski definition) is 2. The summed E-state index contributed by atoms with van der Waals surface area (Å²) < 4.78 is 0. The quantitative estimate of drug-likeness (QED) is 0.522. The van der Waals surface area contributed by atoms with Crippen molar-refractivity contribution in [2.24, 2.45) is 0 Å². The number of carboxylic acids is 1. The Kier molecular flexibility index (Phi) is 2.65. The highest BCUT2D eigenvalue weighted by molar-refractivity contribution is 7.81. The number of thiocarbonyl (C=S) groups is 1. The number of aliphatic carboxylic acids is 1. The number of carbonyl (C=O) groups is 1. The molecule has 1 atom stereocenters. The maximum atomic E-state index is 10.6. The van der Waals surface area contributed by atoms with Crippen molar-refractivity contribution in [3.63, 3.8) is 0 Å². The van der Waals surface area contributed by atoms with Gasteiger partial charge in [0.25, 0.3) is 0 Å². The van der Waals surface area contributed by atoms with Crippen LogP contribution in [-0.4, -0.2) is 21.3 Å². The van der Waals surface area contributed by atoms with Crippen LogP contribution in [0.1, 0.15) is 6.92 Å². The summed E-state index contributed by atoms with van der Waals surface area (Å²) in [5, 5.41) is 8.04. The Morgan fingerprint density at radius 2 is 2.25 bits per heavy atom. The lowest BCUT2D eigenvalue weighted by Gasteiger charge is -2.14. The lowest BCUT2D eigenvalue weighted by molar-refractivity contribution is -0.132. The molecular formula is C8H7ClO2S. The van der Waals surface area contributed by atoms with Gasteiger partial charge in [0, 0.05) is 4.86 Å². The molecule has 0 heterocycles. The van der Waals surface area contributed by atoms with E-state index in [4.69, 9.17) is 28.9 Å². The Balaban J connectivity index is 3.07. The van der Waals surface area contributed by atoms with Crippen molar-refractivity contribution in [2.75, 3.05) is 0 Å². The summed E-state index contributed by atoms with van der Waals surface area (Å²) in [7, 11) is 0. The summed E-state index contributed by atoms with van der Waals surface area (Å²) in [5.74, 6) is -1.01. The summed E-state index contributed by atoms with van der Waals surface area (Å²) in [6.07, 6.45) is 3.25. The Hall–Kier alpha value is -0.670. The third-order valence-electron chi connectivity index (χ3n) is 1.52. The zero-order valence-corrected chi connectivity index (χ0v) is 7.95. The van der Waals surface area contributed by atoms with Crippen LogP contribution in [-0.2, 0) is 4.79 Å². The van der Waals surface area contributed by atoms with E-state index in [9.17, 15) is 4.79 Å². The number of hydrogen-bond donors (Lipinski definition) is 1. The molecule has 0 spiro atoms. The van der Waals surface area contributed by atoms with Crippen LogP contribution in [0, 0.1) is 0 Å². The number of allylic oxidation sites excluding steroid dienone is 3. The van der Waals surface area contributed by atoms with Gasteiger partial charge in [-0.2, -0.15) is 0 Å². The number of carboxylic acid groups (broad SMARTS) is 1. The first-order chi connectivity index (χ1) is 5.52. The van der Waals surface area contributed by atoms with E-state index >= 15 is 0 Å². The molecule has 64 valence electrons. The molecule has 4 heteroatoms. The molecule has 0 aromatic heterocycles. The predicted octanol–water partition coefficient (Wildman–Crippen LogP) is 1.93. The SMILES string of the molecule is CC1=CC(=S)C(Cl)C(C(=O)O)=C1. The highest BCUT2D eigenvalue weighted by atomic mass is 35.5. The van der Waals surface area contributed by atoms with Crippen LogP contribution in [0.3, 0.4) is 0 Å². The van der Waals surface area contributed by atoms with E-state index in [0.717, 1.165) is 5.57 Å². The topological polar surface area (TPSA) is 37.3 Å². The van der Waals surface area contributed by atoms with Gasteiger partial charge in [0.1, 0.15) is 5.38 Å². The first kappa shape index (κ1) is 9.42. The first-order valence-electron chi connectivity index (χ1n) is 3.33. The average molecular weight is 203 g/mol. The fourth-order valence-corrected chi connectivity index (χ4v) is 1.51. The van der Waals surface area contributed by atoms with E-state index in [0.29, 0.717) is 4.86 Å². The Morgan fingerprint density at radius 1 is 1.67 bits per heavy atom. The highest BCUT2D eigenvalue weighted by Gasteiger charge is 2.23. The highest BCUT2D eigenvalue weighted by Crippen LogP contribution is 2.21. The lowest BCUT2D eigenvalue weighted by Crippen LogP contribution is -2.22. The predicted molar refractivity (Wildman–Crippen MR) is 51.7 cm³/mol. The van der Waals surface area contributed by atoms with Gasteiger partial charge in [0.15, 0.2) is 0 Å². The summed E-state index contributed by atoms with van der Waals surface area (Å²) >= 11 is 10.6. The fraction of sp³-hybridized carbons (Fsp3) is 0.250. The molecule has 0 aromatic carbocycles. The largest absolute Gasteiger partial charge is 0.478 e. The van der Waals surface area contributed by atoms with Crippen LogP contribution in [0.15, 0.2) is 23.3 Å². The van der Waals surface area contributed by atoms with Crippen molar-refractivity contribution in [2.45, 2.75) is 12.3 Å². The normalized spacial score (nSPS) is 23.2. The van der Waals surface area contributed by atoms with Crippen molar-refractivity contribution < 1.29 is 9.90 Å². The Bertz CT molecular complexity index is 304. The van der Waals surface area contributed by atoms with E-state index in [1.165, 1.54) is 6.08 Å². The molecule has 0 saturated carbocycles. The fourth-order valence-electron chi connectivity index (χ4n) is 0.981. The van der Waals surface area contributed by atoms with E-state index in [-0.39, 0.29) is 5.57 Å². The van der Waals surface area contributed by atoms with Crippen LogP contribution in [0.4, 0.5) is 0 Å². The molecule has 0 bridgehead atoms. The minimum atomic E-state index is -1.01. The number of rotatable bonds is 1. The summed E-state index contributed by atoms with van der Waals surface area (Å²) in [4.78, 5) is 11.1. The third kappa shape index (κ3) is 1.73. The molecule has 0 aliphatic heterocycles. The van der Waals surface area contributed by atoms with Crippen LogP contribution in [0.25, 0.3) is 0 Å². The standard InChI is InChI=1S/C8H7ClO2S/c1-4-2-5(8(10)11)7(9)6(12)3-4/h2-3,7H,1H3,(H,10,11). The molecule has 0 aromatic rings. The molecule has 0 saturated heterocycles. The van der Waals surface area contributed by atoms with E-state index < -0.39 is 11.3 Å². The zero-order chi connectivity index (χ0) is 9.30. The second-order valence-electron chi connectivity index (χ2n) is 2.56. The van der Waals surface area contributed by atoms with E-state index in [1.807, 2.05) is 0 Å². The molecule has 1 N–H and O–H groups in total. The second-order valence-corrected chi connectivity index (χ2v) is 3.47. The van der Waals surface area contributed by atoms with Crippen molar-refractivity contribution in [3.05, 3.63) is 23.3 Å². The van der Waals surface area contributed by atoms with Crippen molar-refractivity contribution >= 4 is 34.7 Å². The monoisotopic (exact) mass is 202 g/mol. The third-order valence-corrected chi connectivity index (χ3v) is 2.48.